The van der Waals surface area contributed by atoms with Crippen LogP contribution in [0.5, 0.6) is 0 Å². The lowest BCUT2D eigenvalue weighted by Crippen LogP contribution is -2.00. The first-order chi connectivity index (χ1) is 26.9. The van der Waals surface area contributed by atoms with E-state index in [2.05, 4.69) is 24.3 Å². The lowest BCUT2D eigenvalue weighted by molar-refractivity contribution is 0.670. The van der Waals surface area contributed by atoms with Crippen LogP contribution in [-0.4, -0.2) is 15.0 Å². The Bertz CT molecular complexity index is 3130. The summed E-state index contributed by atoms with van der Waals surface area (Å²) in [6.07, 6.45) is 0. The highest BCUT2D eigenvalue weighted by Gasteiger charge is 2.21. The Balaban J connectivity index is 1.23. The summed E-state index contributed by atoms with van der Waals surface area (Å²) in [5.41, 5.74) is 6.78. The molecule has 5 heteroatoms. The summed E-state index contributed by atoms with van der Waals surface area (Å²) in [6.45, 7) is 0. The Morgan fingerprint density at radius 1 is 0.460 bits per heavy atom. The molecule has 0 saturated carbocycles. The van der Waals surface area contributed by atoms with E-state index in [-0.39, 0.29) is 29.7 Å². The Morgan fingerprint density at radius 3 is 1.82 bits per heavy atom. The largest absolute Gasteiger partial charge is 0.455 e. The van der Waals surface area contributed by atoms with Crippen molar-refractivity contribution in [2.75, 3.05) is 0 Å². The number of rotatable bonds is 5. The van der Waals surface area contributed by atoms with Crippen molar-refractivity contribution in [1.82, 2.24) is 15.0 Å². The highest BCUT2D eigenvalue weighted by Crippen LogP contribution is 2.44. The Kier molecular flexibility index (Phi) is 5.54. The van der Waals surface area contributed by atoms with Crippen molar-refractivity contribution in [2.24, 2.45) is 0 Å². The van der Waals surface area contributed by atoms with Crippen molar-refractivity contribution >= 4 is 53.4 Å². The molecule has 0 aliphatic heterocycles. The molecule has 0 aliphatic carbocycles. The number of thiophene rings is 1. The van der Waals surface area contributed by atoms with Gasteiger partial charge in [-0.25, -0.2) is 15.0 Å². The maximum atomic E-state index is 8.72. The third-order valence-corrected chi connectivity index (χ3v) is 10.3. The standard InChI is InChI=1S/C45H27N3OS/c1-4-14-28(15-5-1)31-20-10-22-33-39-35(24-12-26-37(39)49-41(31)33)44-46-43(30-18-8-3-9-19-30)47-45(48-44)36-25-13-27-38-40(36)34-23-11-21-32(42(34)50-38)29-16-6-2-7-17-29/h1-27H/i2D,6D,7D,16D,17D. The molecule has 0 atom stereocenters. The van der Waals surface area contributed by atoms with Gasteiger partial charge in [0.2, 0.25) is 0 Å². The number of para-hydroxylation sites is 1. The van der Waals surface area contributed by atoms with E-state index in [1.54, 1.807) is 0 Å². The smallest absolute Gasteiger partial charge is 0.164 e. The Morgan fingerprint density at radius 2 is 1.06 bits per heavy atom. The highest BCUT2D eigenvalue weighted by molar-refractivity contribution is 7.26. The van der Waals surface area contributed by atoms with Crippen molar-refractivity contribution in [3.05, 3.63) is 164 Å². The van der Waals surface area contributed by atoms with E-state index in [0.717, 1.165) is 69.9 Å². The van der Waals surface area contributed by atoms with E-state index in [1.165, 1.54) is 11.3 Å². The van der Waals surface area contributed by atoms with E-state index < -0.39 is 6.04 Å². The molecule has 0 unspecified atom stereocenters. The third kappa shape index (κ3) is 4.63. The molecule has 0 aliphatic rings. The second-order valence-corrected chi connectivity index (χ2v) is 13.0. The molecule has 10 rings (SSSR count). The van der Waals surface area contributed by atoms with Crippen molar-refractivity contribution < 1.29 is 11.3 Å². The van der Waals surface area contributed by atoms with Crippen LogP contribution in [0.25, 0.3) is 98.5 Å². The van der Waals surface area contributed by atoms with Crippen LogP contribution in [0, 0.1) is 0 Å². The number of hydrogen-bond acceptors (Lipinski definition) is 5. The van der Waals surface area contributed by atoms with Crippen LogP contribution in [0.15, 0.2) is 168 Å². The van der Waals surface area contributed by atoms with Gasteiger partial charge in [-0.15, -0.1) is 11.3 Å². The molecule has 50 heavy (non-hydrogen) atoms. The molecule has 234 valence electrons. The van der Waals surface area contributed by atoms with Gasteiger partial charge in [-0.1, -0.05) is 152 Å². The molecule has 0 radical (unpaired) electrons. The van der Waals surface area contributed by atoms with Gasteiger partial charge in [-0.3, -0.25) is 0 Å². The molecule has 0 saturated heterocycles. The van der Waals surface area contributed by atoms with Crippen molar-refractivity contribution in [2.45, 2.75) is 0 Å². The summed E-state index contributed by atoms with van der Waals surface area (Å²) < 4.78 is 50.6. The van der Waals surface area contributed by atoms with Crippen molar-refractivity contribution in [3.63, 3.8) is 0 Å². The molecule has 7 aromatic carbocycles. The monoisotopic (exact) mass is 662 g/mol. The predicted molar refractivity (Wildman–Crippen MR) is 207 cm³/mol. The lowest BCUT2D eigenvalue weighted by Gasteiger charge is -2.10. The summed E-state index contributed by atoms with van der Waals surface area (Å²) in [7, 11) is 0. The minimum absolute atomic E-state index is 0.175. The second-order valence-electron chi connectivity index (χ2n) is 12.0. The predicted octanol–water partition coefficient (Wildman–Crippen LogP) is 12.5. The van der Waals surface area contributed by atoms with Gasteiger partial charge in [0.25, 0.3) is 0 Å². The lowest BCUT2D eigenvalue weighted by atomic mass is 10.00. The summed E-state index contributed by atoms with van der Waals surface area (Å²) >= 11 is 1.51. The van der Waals surface area contributed by atoms with Gasteiger partial charge in [0.1, 0.15) is 11.2 Å². The van der Waals surface area contributed by atoms with Crippen molar-refractivity contribution in [1.29, 1.82) is 0 Å². The van der Waals surface area contributed by atoms with Crippen LogP contribution in [0.2, 0.25) is 0 Å². The molecule has 0 spiro atoms. The molecular formula is C45H27N3OS. The fourth-order valence-corrected chi connectivity index (χ4v) is 8.08. The van der Waals surface area contributed by atoms with E-state index in [4.69, 9.17) is 26.2 Å². The number of nitrogens with zero attached hydrogens (tertiary/aromatic N) is 3. The molecule has 0 bridgehead atoms. The summed E-state index contributed by atoms with van der Waals surface area (Å²) in [4.78, 5) is 15.4. The maximum Gasteiger partial charge on any atom is 0.164 e. The molecule has 0 amide bonds. The molecule has 3 heterocycles. The van der Waals surface area contributed by atoms with E-state index in [1.807, 2.05) is 109 Å². The SMILES string of the molecule is [2H]c1c([2H])c([2H])c(-c2cccc3c2sc2cccc(-c4nc(-c5ccccc5)nc(-c5cccc6oc7c(-c8ccccc8)cccc7c56)n4)c23)c([2H])c1[2H]. The van der Waals surface area contributed by atoms with E-state index >= 15 is 0 Å². The number of fused-ring (bicyclic) bond motifs is 6. The molecule has 0 fully saturated rings. The molecule has 10 aromatic rings. The van der Waals surface area contributed by atoms with Crippen LogP contribution in [0.1, 0.15) is 6.85 Å². The average Bonchev–Trinajstić information content (AvgIpc) is 3.82. The molecule has 4 nitrogen and oxygen atoms in total. The van der Waals surface area contributed by atoms with Crippen LogP contribution >= 0.6 is 11.3 Å². The second kappa shape index (κ2) is 11.6. The summed E-state index contributed by atoms with van der Waals surface area (Å²) in [6, 6.07) is 42.3. The van der Waals surface area contributed by atoms with Gasteiger partial charge in [0, 0.05) is 53.2 Å². The number of benzene rings is 7. The first-order valence-electron chi connectivity index (χ1n) is 18.7. The van der Waals surface area contributed by atoms with Crippen LogP contribution < -0.4 is 0 Å². The van der Waals surface area contributed by atoms with Gasteiger partial charge in [-0.05, 0) is 28.8 Å². The van der Waals surface area contributed by atoms with Gasteiger partial charge < -0.3 is 4.42 Å². The zero-order valence-electron chi connectivity index (χ0n) is 31.4. The Labute approximate surface area is 299 Å². The van der Waals surface area contributed by atoms with E-state index in [0.29, 0.717) is 23.0 Å². The topological polar surface area (TPSA) is 51.8 Å². The quantitative estimate of drug-likeness (QED) is 0.184. The van der Waals surface area contributed by atoms with Crippen LogP contribution in [-0.2, 0) is 0 Å². The first-order valence-corrected chi connectivity index (χ1v) is 17.0. The van der Waals surface area contributed by atoms with E-state index in [9.17, 15) is 0 Å². The maximum absolute atomic E-state index is 8.72. The first kappa shape index (κ1) is 23.8. The van der Waals surface area contributed by atoms with Gasteiger partial charge in [-0.2, -0.15) is 0 Å². The summed E-state index contributed by atoms with van der Waals surface area (Å²) in [5.74, 6) is 1.50. The number of furan rings is 1. The average molecular weight is 663 g/mol. The van der Waals surface area contributed by atoms with Crippen LogP contribution in [0.4, 0.5) is 0 Å². The van der Waals surface area contributed by atoms with Gasteiger partial charge in [0.05, 0.1) is 6.85 Å². The highest BCUT2D eigenvalue weighted by atomic mass is 32.1. The number of aromatic nitrogens is 3. The minimum Gasteiger partial charge on any atom is -0.455 e. The zero-order chi connectivity index (χ0) is 37.4. The Hall–Kier alpha value is -6.43. The third-order valence-electron chi connectivity index (χ3n) is 9.05. The van der Waals surface area contributed by atoms with Gasteiger partial charge in [0.15, 0.2) is 17.5 Å². The van der Waals surface area contributed by atoms with Crippen LogP contribution in [0.3, 0.4) is 0 Å². The minimum atomic E-state index is -0.417. The fraction of sp³-hybridized carbons (Fsp3) is 0. The van der Waals surface area contributed by atoms with Gasteiger partial charge >= 0.3 is 0 Å². The molecular weight excluding hydrogens is 631 g/mol. The fourth-order valence-electron chi connectivity index (χ4n) is 6.83. The summed E-state index contributed by atoms with van der Waals surface area (Å²) in [5, 5.41) is 3.65. The van der Waals surface area contributed by atoms with Crippen molar-refractivity contribution in [3.8, 4) is 56.4 Å². The number of hydrogen-bond donors (Lipinski definition) is 0. The zero-order valence-corrected chi connectivity index (χ0v) is 27.2. The molecule has 0 N–H and O–H groups in total. The normalized spacial score (nSPS) is 13.0. The molecule has 3 aromatic heterocycles.